The zero-order valence-electron chi connectivity index (χ0n) is 16.0. The number of ether oxygens (including phenoxy) is 2. The Balaban J connectivity index is 1.48. The summed E-state index contributed by atoms with van der Waals surface area (Å²) >= 11 is 0. The fraction of sp³-hybridized carbons (Fsp3) is 0.381. The monoisotopic (exact) mass is 370 g/mol. The molecule has 2 amide bonds. The van der Waals surface area contributed by atoms with Gasteiger partial charge in [-0.05, 0) is 17.7 Å². The van der Waals surface area contributed by atoms with Crippen molar-refractivity contribution in [2.24, 2.45) is 0 Å². The Kier molecular flexibility index (Phi) is 6.54. The van der Waals surface area contributed by atoms with Crippen molar-refractivity contribution in [1.29, 1.82) is 0 Å². The predicted molar refractivity (Wildman–Crippen MR) is 106 cm³/mol. The smallest absolute Gasteiger partial charge is 0.322 e. The quantitative estimate of drug-likeness (QED) is 0.814. The number of methoxy groups -OCH3 is 2. The average Bonchev–Trinajstić information content (AvgIpc) is 2.73. The fourth-order valence-corrected chi connectivity index (χ4v) is 3.34. The molecule has 144 valence electrons. The lowest BCUT2D eigenvalue weighted by atomic mass is 10.1. The first-order valence-electron chi connectivity index (χ1n) is 9.35. The summed E-state index contributed by atoms with van der Waals surface area (Å²) in [5.41, 5.74) is 2.03. The summed E-state index contributed by atoms with van der Waals surface area (Å²) < 4.78 is 10.5. The topological polar surface area (TPSA) is 55.2 Å². The summed E-state index contributed by atoms with van der Waals surface area (Å²) in [5, 5.41) is 2.95. The molecule has 1 aliphatic rings. The van der Waals surface area contributed by atoms with E-state index in [1.807, 2.05) is 17.0 Å². The van der Waals surface area contributed by atoms with Gasteiger partial charge < -0.3 is 24.6 Å². The van der Waals surface area contributed by atoms with Crippen LogP contribution in [0.5, 0.6) is 11.5 Å². The molecule has 6 heteroatoms. The predicted octanol–water partition coefficient (Wildman–Crippen LogP) is 1.68. The number of nitrogens with one attached hydrogen (secondary N) is 2. The normalized spacial score (nSPS) is 14.7. The molecular formula is C21H28N3O3+. The molecule has 1 fully saturated rings. The Bertz CT molecular complexity index is 744. The summed E-state index contributed by atoms with van der Waals surface area (Å²) in [5.74, 6) is 1.29. The number of carbonyl (C=O) groups is 1. The van der Waals surface area contributed by atoms with Crippen LogP contribution in [0.25, 0.3) is 0 Å². The molecule has 1 heterocycles. The number of quaternary nitrogens is 1. The first kappa shape index (κ1) is 19.0. The molecule has 0 saturated carbocycles. The van der Waals surface area contributed by atoms with Gasteiger partial charge >= 0.3 is 6.03 Å². The van der Waals surface area contributed by atoms with Gasteiger partial charge in [0.1, 0.15) is 11.5 Å². The summed E-state index contributed by atoms with van der Waals surface area (Å²) in [6.07, 6.45) is 1.07. The van der Waals surface area contributed by atoms with Crippen LogP contribution in [0.3, 0.4) is 0 Å². The molecule has 0 aromatic heterocycles. The third kappa shape index (κ3) is 5.14. The Hall–Kier alpha value is -2.73. The maximum absolute atomic E-state index is 12.6. The second kappa shape index (κ2) is 9.28. The van der Waals surface area contributed by atoms with Crippen molar-refractivity contribution in [3.8, 4) is 11.5 Å². The second-order valence-corrected chi connectivity index (χ2v) is 6.72. The number of rotatable bonds is 6. The maximum atomic E-state index is 12.6. The number of urea groups is 1. The van der Waals surface area contributed by atoms with Gasteiger partial charge in [0.05, 0.1) is 52.6 Å². The minimum absolute atomic E-state index is 0.0828. The molecule has 0 unspecified atom stereocenters. The number of hydrogen-bond acceptors (Lipinski definition) is 3. The van der Waals surface area contributed by atoms with E-state index in [1.54, 1.807) is 31.3 Å². The van der Waals surface area contributed by atoms with Crippen LogP contribution in [0.15, 0.2) is 48.5 Å². The largest absolute Gasteiger partial charge is 0.497 e. The zero-order chi connectivity index (χ0) is 19.1. The van der Waals surface area contributed by atoms with Crippen molar-refractivity contribution in [3.63, 3.8) is 0 Å². The lowest BCUT2D eigenvalue weighted by molar-refractivity contribution is -0.903. The van der Waals surface area contributed by atoms with E-state index in [0.717, 1.165) is 39.1 Å². The van der Waals surface area contributed by atoms with Crippen molar-refractivity contribution in [1.82, 2.24) is 4.90 Å². The number of amides is 2. The summed E-state index contributed by atoms with van der Waals surface area (Å²) in [7, 11) is 3.19. The summed E-state index contributed by atoms with van der Waals surface area (Å²) in [6, 6.07) is 15.9. The van der Waals surface area contributed by atoms with Crippen LogP contribution in [0.2, 0.25) is 0 Å². The fourth-order valence-electron chi connectivity index (χ4n) is 3.34. The van der Waals surface area contributed by atoms with E-state index in [4.69, 9.17) is 9.47 Å². The van der Waals surface area contributed by atoms with Crippen LogP contribution in [0.1, 0.15) is 5.56 Å². The first-order valence-corrected chi connectivity index (χ1v) is 9.35. The lowest BCUT2D eigenvalue weighted by Crippen LogP contribution is -3.15. The average molecular weight is 370 g/mol. The first-order chi connectivity index (χ1) is 13.2. The number of nitrogens with zero attached hydrogens (tertiary/aromatic N) is 1. The Morgan fingerprint density at radius 2 is 1.81 bits per heavy atom. The van der Waals surface area contributed by atoms with Crippen molar-refractivity contribution < 1.29 is 19.2 Å². The molecule has 0 radical (unpaired) electrons. The van der Waals surface area contributed by atoms with Gasteiger partial charge in [-0.15, -0.1) is 0 Å². The second-order valence-electron chi connectivity index (χ2n) is 6.72. The Labute approximate surface area is 160 Å². The van der Waals surface area contributed by atoms with Gasteiger partial charge in [-0.2, -0.15) is 0 Å². The highest BCUT2D eigenvalue weighted by atomic mass is 16.5. The van der Waals surface area contributed by atoms with E-state index in [-0.39, 0.29) is 6.03 Å². The van der Waals surface area contributed by atoms with Crippen LogP contribution < -0.4 is 19.7 Å². The van der Waals surface area contributed by atoms with Gasteiger partial charge in [0.2, 0.25) is 0 Å². The number of carbonyl (C=O) groups excluding carboxylic acids is 1. The molecule has 0 spiro atoms. The molecule has 2 aromatic rings. The highest BCUT2D eigenvalue weighted by molar-refractivity contribution is 5.91. The van der Waals surface area contributed by atoms with E-state index in [2.05, 4.69) is 29.6 Å². The molecule has 2 aromatic carbocycles. The molecular weight excluding hydrogens is 342 g/mol. The maximum Gasteiger partial charge on any atom is 0.322 e. The molecule has 0 aliphatic carbocycles. The summed E-state index contributed by atoms with van der Waals surface area (Å²) in [4.78, 5) is 16.0. The highest BCUT2D eigenvalue weighted by Gasteiger charge is 2.24. The van der Waals surface area contributed by atoms with Gasteiger partial charge in [-0.1, -0.05) is 30.3 Å². The minimum Gasteiger partial charge on any atom is -0.497 e. The highest BCUT2D eigenvalue weighted by Crippen LogP contribution is 2.29. The zero-order valence-corrected chi connectivity index (χ0v) is 16.0. The number of benzene rings is 2. The van der Waals surface area contributed by atoms with E-state index in [0.29, 0.717) is 17.2 Å². The third-order valence-electron chi connectivity index (χ3n) is 5.02. The summed E-state index contributed by atoms with van der Waals surface area (Å²) in [6.45, 7) is 4.56. The Morgan fingerprint density at radius 3 is 2.48 bits per heavy atom. The van der Waals surface area contributed by atoms with Crippen LogP contribution in [0, 0.1) is 0 Å². The molecule has 0 atom stereocenters. The van der Waals surface area contributed by atoms with Crippen molar-refractivity contribution in [2.75, 3.05) is 52.3 Å². The van der Waals surface area contributed by atoms with Crippen LogP contribution >= 0.6 is 0 Å². The number of anilines is 1. The molecule has 1 aliphatic heterocycles. The molecule has 0 bridgehead atoms. The SMILES string of the molecule is COc1ccc(NC(=O)N2CC[NH+](CCc3ccccc3)CC2)c(OC)c1. The van der Waals surface area contributed by atoms with E-state index in [9.17, 15) is 4.79 Å². The van der Waals surface area contributed by atoms with Crippen LogP contribution in [0.4, 0.5) is 10.5 Å². The van der Waals surface area contributed by atoms with Gasteiger partial charge in [-0.25, -0.2) is 4.79 Å². The van der Waals surface area contributed by atoms with E-state index in [1.165, 1.54) is 5.56 Å². The lowest BCUT2D eigenvalue weighted by Gasteiger charge is -2.32. The van der Waals surface area contributed by atoms with Crippen LogP contribution in [-0.2, 0) is 6.42 Å². The van der Waals surface area contributed by atoms with Crippen molar-refractivity contribution >= 4 is 11.7 Å². The molecule has 2 N–H and O–H groups in total. The number of piperazine rings is 1. The van der Waals surface area contributed by atoms with Crippen molar-refractivity contribution in [2.45, 2.75) is 6.42 Å². The number of hydrogen-bond donors (Lipinski definition) is 2. The van der Waals surface area contributed by atoms with E-state index >= 15 is 0 Å². The molecule has 6 nitrogen and oxygen atoms in total. The van der Waals surface area contributed by atoms with Gasteiger partial charge in [0.15, 0.2) is 0 Å². The third-order valence-corrected chi connectivity index (χ3v) is 5.02. The van der Waals surface area contributed by atoms with Crippen LogP contribution in [-0.4, -0.2) is 57.9 Å². The minimum atomic E-state index is -0.0828. The Morgan fingerprint density at radius 1 is 1.07 bits per heavy atom. The van der Waals surface area contributed by atoms with E-state index < -0.39 is 0 Å². The van der Waals surface area contributed by atoms with Gasteiger partial charge in [0.25, 0.3) is 0 Å². The standard InChI is InChI=1S/C21H27N3O3/c1-26-18-8-9-19(20(16-18)27-2)22-21(25)24-14-12-23(13-15-24)11-10-17-6-4-3-5-7-17/h3-9,16H,10-15H2,1-2H3,(H,22,25)/p+1. The molecule has 1 saturated heterocycles. The van der Waals surface area contributed by atoms with Gasteiger partial charge in [0, 0.05) is 12.5 Å². The van der Waals surface area contributed by atoms with Gasteiger partial charge in [-0.3, -0.25) is 0 Å². The molecule has 3 rings (SSSR count). The molecule has 27 heavy (non-hydrogen) atoms. The van der Waals surface area contributed by atoms with Crippen molar-refractivity contribution in [3.05, 3.63) is 54.1 Å².